The summed E-state index contributed by atoms with van der Waals surface area (Å²) in [6, 6.07) is 3.44. The minimum absolute atomic E-state index is 0.266. The zero-order chi connectivity index (χ0) is 15.9. The van der Waals surface area contributed by atoms with Gasteiger partial charge in [0.2, 0.25) is 0 Å². The monoisotopic (exact) mass is 313 g/mol. The molecule has 118 valence electrons. The van der Waals surface area contributed by atoms with Gasteiger partial charge in [-0.25, -0.2) is 9.78 Å². The molecule has 3 heterocycles. The number of aromatic amines is 1. The van der Waals surface area contributed by atoms with E-state index in [1.165, 1.54) is 11.0 Å². The van der Waals surface area contributed by atoms with Crippen molar-refractivity contribution >= 4 is 22.9 Å². The van der Waals surface area contributed by atoms with Gasteiger partial charge in [0.05, 0.1) is 11.0 Å². The van der Waals surface area contributed by atoms with Crippen LogP contribution in [-0.4, -0.2) is 47.1 Å². The van der Waals surface area contributed by atoms with Crippen molar-refractivity contribution in [3.8, 4) is 0 Å². The molecule has 0 saturated carbocycles. The number of urea groups is 1. The fourth-order valence-electron chi connectivity index (χ4n) is 2.49. The molecule has 2 aromatic heterocycles. The molecule has 0 spiro atoms. The van der Waals surface area contributed by atoms with Crippen molar-refractivity contribution in [3.05, 3.63) is 23.9 Å². The molecule has 3 rings (SSSR count). The molecule has 9 heteroatoms. The SMILES string of the molecule is NC(=O)N1CCN(c2cc3nc(C(F)(F)F)ccc3[nH]2)CC1. The number of carbonyl (C=O) groups excluding carboxylic acids is 1. The summed E-state index contributed by atoms with van der Waals surface area (Å²) in [5.41, 5.74) is 5.11. The van der Waals surface area contributed by atoms with Crippen LogP contribution in [0.3, 0.4) is 0 Å². The number of anilines is 1. The second-order valence-corrected chi connectivity index (χ2v) is 5.09. The largest absolute Gasteiger partial charge is 0.433 e. The number of amides is 2. The smallest absolute Gasteiger partial charge is 0.355 e. The van der Waals surface area contributed by atoms with Crippen molar-refractivity contribution < 1.29 is 18.0 Å². The maximum atomic E-state index is 12.7. The molecular weight excluding hydrogens is 299 g/mol. The average molecular weight is 313 g/mol. The van der Waals surface area contributed by atoms with Gasteiger partial charge in [-0.1, -0.05) is 0 Å². The number of primary amides is 1. The second kappa shape index (κ2) is 5.08. The summed E-state index contributed by atoms with van der Waals surface area (Å²) in [4.78, 5) is 21.2. The van der Waals surface area contributed by atoms with Crippen LogP contribution in [0.1, 0.15) is 5.69 Å². The van der Waals surface area contributed by atoms with Crippen molar-refractivity contribution in [1.82, 2.24) is 14.9 Å². The topological polar surface area (TPSA) is 78.2 Å². The summed E-state index contributed by atoms with van der Waals surface area (Å²) in [5.74, 6) is 0.686. The molecule has 1 aliphatic heterocycles. The van der Waals surface area contributed by atoms with Crippen molar-refractivity contribution in [3.63, 3.8) is 0 Å². The first-order chi connectivity index (χ1) is 10.3. The van der Waals surface area contributed by atoms with E-state index in [1.807, 2.05) is 4.90 Å². The summed E-state index contributed by atoms with van der Waals surface area (Å²) in [5, 5.41) is 0. The highest BCUT2D eigenvalue weighted by molar-refractivity contribution is 5.80. The number of piperazine rings is 1. The Kier molecular flexibility index (Phi) is 3.34. The van der Waals surface area contributed by atoms with Crippen LogP contribution in [0.5, 0.6) is 0 Å². The third kappa shape index (κ3) is 2.66. The number of aromatic nitrogens is 2. The van der Waals surface area contributed by atoms with Gasteiger partial charge in [0, 0.05) is 32.2 Å². The fraction of sp³-hybridized carbons (Fsp3) is 0.385. The fourth-order valence-corrected chi connectivity index (χ4v) is 2.49. The Balaban J connectivity index is 1.82. The molecule has 0 aromatic carbocycles. The summed E-state index contributed by atoms with van der Waals surface area (Å²) < 4.78 is 38.0. The predicted molar refractivity (Wildman–Crippen MR) is 74.5 cm³/mol. The quantitative estimate of drug-likeness (QED) is 0.842. The van der Waals surface area contributed by atoms with Gasteiger partial charge < -0.3 is 20.5 Å². The lowest BCUT2D eigenvalue weighted by Gasteiger charge is -2.34. The van der Waals surface area contributed by atoms with Gasteiger partial charge in [0.1, 0.15) is 11.5 Å². The highest BCUT2D eigenvalue weighted by Crippen LogP contribution is 2.30. The molecule has 3 N–H and O–H groups in total. The van der Waals surface area contributed by atoms with E-state index in [0.29, 0.717) is 37.5 Å². The van der Waals surface area contributed by atoms with E-state index in [9.17, 15) is 18.0 Å². The van der Waals surface area contributed by atoms with Crippen molar-refractivity contribution in [2.24, 2.45) is 5.73 Å². The molecule has 0 unspecified atom stereocenters. The first kappa shape index (κ1) is 14.5. The van der Waals surface area contributed by atoms with Gasteiger partial charge in [-0.15, -0.1) is 0 Å². The first-order valence-corrected chi connectivity index (χ1v) is 6.71. The van der Waals surface area contributed by atoms with Crippen LogP contribution >= 0.6 is 0 Å². The van der Waals surface area contributed by atoms with E-state index in [0.717, 1.165) is 6.07 Å². The maximum Gasteiger partial charge on any atom is 0.433 e. The minimum atomic E-state index is -4.46. The lowest BCUT2D eigenvalue weighted by atomic mass is 10.3. The highest BCUT2D eigenvalue weighted by atomic mass is 19.4. The Morgan fingerprint density at radius 2 is 1.91 bits per heavy atom. The molecule has 0 bridgehead atoms. The summed E-state index contributed by atoms with van der Waals surface area (Å²) in [7, 11) is 0. The Morgan fingerprint density at radius 1 is 1.23 bits per heavy atom. The molecule has 0 aliphatic carbocycles. The molecule has 1 saturated heterocycles. The standard InChI is InChI=1S/C13H14F3N5O/c14-13(15,16)10-2-1-8-9(18-10)7-11(19-8)20-3-5-21(6-4-20)12(17)22/h1-2,7,19H,3-6H2,(H2,17,22). The number of halogens is 3. The molecule has 0 radical (unpaired) electrons. The number of hydrogen-bond acceptors (Lipinski definition) is 3. The van der Waals surface area contributed by atoms with Crippen LogP contribution in [-0.2, 0) is 6.18 Å². The summed E-state index contributed by atoms with van der Waals surface area (Å²) in [6.45, 7) is 2.07. The number of hydrogen-bond donors (Lipinski definition) is 2. The van der Waals surface area contributed by atoms with Crippen LogP contribution in [0.2, 0.25) is 0 Å². The van der Waals surface area contributed by atoms with E-state index in [1.54, 1.807) is 6.07 Å². The molecule has 0 atom stereocenters. The van der Waals surface area contributed by atoms with Crippen LogP contribution in [0.15, 0.2) is 18.2 Å². The van der Waals surface area contributed by atoms with Crippen molar-refractivity contribution in [2.45, 2.75) is 6.18 Å². The number of pyridine rings is 1. The number of H-pyrrole nitrogens is 1. The summed E-state index contributed by atoms with van der Waals surface area (Å²) in [6.07, 6.45) is -4.46. The highest BCUT2D eigenvalue weighted by Gasteiger charge is 2.32. The average Bonchev–Trinajstić information content (AvgIpc) is 2.89. The number of carbonyl (C=O) groups is 1. The van der Waals surface area contributed by atoms with Crippen LogP contribution < -0.4 is 10.6 Å². The van der Waals surface area contributed by atoms with Gasteiger partial charge in [-0.3, -0.25) is 0 Å². The lowest BCUT2D eigenvalue weighted by Crippen LogP contribution is -2.50. The van der Waals surface area contributed by atoms with E-state index in [-0.39, 0.29) is 5.52 Å². The Bertz CT molecular complexity index is 703. The van der Waals surface area contributed by atoms with Gasteiger partial charge in [0.25, 0.3) is 0 Å². The zero-order valence-electron chi connectivity index (χ0n) is 11.5. The van der Waals surface area contributed by atoms with Crippen LogP contribution in [0.25, 0.3) is 11.0 Å². The van der Waals surface area contributed by atoms with Gasteiger partial charge in [-0.2, -0.15) is 13.2 Å². The molecule has 2 amide bonds. The predicted octanol–water partition coefficient (Wildman–Crippen LogP) is 1.78. The van der Waals surface area contributed by atoms with Gasteiger partial charge in [-0.05, 0) is 12.1 Å². The third-order valence-corrected chi connectivity index (χ3v) is 3.68. The molecule has 1 aliphatic rings. The Labute approximate surface area is 123 Å². The number of alkyl halides is 3. The van der Waals surface area contributed by atoms with Gasteiger partial charge in [0.15, 0.2) is 0 Å². The lowest BCUT2D eigenvalue weighted by molar-refractivity contribution is -0.140. The van der Waals surface area contributed by atoms with Crippen LogP contribution in [0, 0.1) is 0 Å². The molecule has 2 aromatic rings. The number of nitrogens with one attached hydrogen (secondary N) is 1. The van der Waals surface area contributed by atoms with Crippen molar-refractivity contribution in [2.75, 3.05) is 31.1 Å². The molecular formula is C13H14F3N5O. The third-order valence-electron chi connectivity index (χ3n) is 3.68. The van der Waals surface area contributed by atoms with Crippen LogP contribution in [0.4, 0.5) is 23.8 Å². The van der Waals surface area contributed by atoms with E-state index in [4.69, 9.17) is 5.73 Å². The number of nitrogens with two attached hydrogens (primary N) is 1. The van der Waals surface area contributed by atoms with Crippen molar-refractivity contribution in [1.29, 1.82) is 0 Å². The maximum absolute atomic E-state index is 12.7. The Morgan fingerprint density at radius 3 is 2.50 bits per heavy atom. The minimum Gasteiger partial charge on any atom is -0.355 e. The number of fused-ring (bicyclic) bond motifs is 1. The zero-order valence-corrected chi connectivity index (χ0v) is 11.5. The van der Waals surface area contributed by atoms with E-state index in [2.05, 4.69) is 9.97 Å². The first-order valence-electron chi connectivity index (χ1n) is 6.71. The summed E-state index contributed by atoms with van der Waals surface area (Å²) >= 11 is 0. The molecule has 22 heavy (non-hydrogen) atoms. The van der Waals surface area contributed by atoms with Gasteiger partial charge >= 0.3 is 12.2 Å². The van der Waals surface area contributed by atoms with E-state index >= 15 is 0 Å². The number of nitrogens with zero attached hydrogens (tertiary/aromatic N) is 3. The second-order valence-electron chi connectivity index (χ2n) is 5.09. The number of rotatable bonds is 1. The molecule has 1 fully saturated rings. The Hall–Kier alpha value is -2.45. The molecule has 6 nitrogen and oxygen atoms in total. The normalized spacial score (nSPS) is 16.3. The van der Waals surface area contributed by atoms with E-state index < -0.39 is 17.9 Å².